The molecule has 0 aliphatic heterocycles. The number of thioether (sulfide) groups is 1. The third-order valence-electron chi connectivity index (χ3n) is 5.53. The molecule has 0 radical (unpaired) electrons. The predicted molar refractivity (Wildman–Crippen MR) is 132 cm³/mol. The molecular weight excluding hydrogens is 430 g/mol. The number of likely N-dealkylation sites (N-methyl/N-ethyl adjacent to an activating group) is 1. The van der Waals surface area contributed by atoms with E-state index in [4.69, 9.17) is 0 Å². The van der Waals surface area contributed by atoms with Crippen LogP contribution in [-0.2, 0) is 4.79 Å². The fourth-order valence-corrected chi connectivity index (χ4v) is 4.89. The molecule has 0 fully saturated rings. The summed E-state index contributed by atoms with van der Waals surface area (Å²) in [5.74, 6) is 0.764. The topological polar surface area (TPSA) is 63.9 Å². The molecule has 7 heteroatoms. The summed E-state index contributed by atoms with van der Waals surface area (Å²) in [6, 6.07) is 21.9. The van der Waals surface area contributed by atoms with Crippen LogP contribution in [0.1, 0.15) is 30.2 Å². The standard InChI is InChI=1S/C26H27N5OS/c1-4-30(5-2)25(32)23(20-13-7-6-8-14-20)33-26-29-28-24(21-15-11-17-27-18-21)31(26)22-16-10-9-12-19(22)3/h6-18,23H,4-5H2,1-3H3/t23-/m1/s1. The lowest BCUT2D eigenvalue weighted by atomic mass is 10.1. The molecule has 0 aliphatic carbocycles. The van der Waals surface area contributed by atoms with Crippen molar-refractivity contribution in [2.24, 2.45) is 0 Å². The van der Waals surface area contributed by atoms with Crippen molar-refractivity contribution in [1.29, 1.82) is 0 Å². The van der Waals surface area contributed by atoms with Gasteiger partial charge < -0.3 is 4.90 Å². The van der Waals surface area contributed by atoms with Gasteiger partial charge in [0.2, 0.25) is 5.91 Å². The molecule has 0 bridgehead atoms. The van der Waals surface area contributed by atoms with Crippen molar-refractivity contribution in [3.05, 3.63) is 90.3 Å². The number of aryl methyl sites for hydroxylation is 1. The molecule has 0 saturated carbocycles. The number of benzene rings is 2. The summed E-state index contributed by atoms with van der Waals surface area (Å²) in [6.07, 6.45) is 3.52. The number of hydrogen-bond donors (Lipinski definition) is 0. The third-order valence-corrected chi connectivity index (χ3v) is 6.72. The van der Waals surface area contributed by atoms with Gasteiger partial charge in [0.1, 0.15) is 5.25 Å². The maximum absolute atomic E-state index is 13.5. The van der Waals surface area contributed by atoms with E-state index in [-0.39, 0.29) is 5.91 Å². The van der Waals surface area contributed by atoms with Crippen LogP contribution in [0, 0.1) is 6.92 Å². The largest absolute Gasteiger partial charge is 0.342 e. The quantitative estimate of drug-likeness (QED) is 0.334. The molecule has 0 spiro atoms. The van der Waals surface area contributed by atoms with Gasteiger partial charge in [-0.15, -0.1) is 10.2 Å². The van der Waals surface area contributed by atoms with Crippen LogP contribution >= 0.6 is 11.8 Å². The Morgan fingerprint density at radius 2 is 1.70 bits per heavy atom. The van der Waals surface area contributed by atoms with Crippen molar-refractivity contribution in [2.45, 2.75) is 31.2 Å². The Labute approximate surface area is 198 Å². The summed E-state index contributed by atoms with van der Waals surface area (Å²) in [5.41, 5.74) is 3.88. The van der Waals surface area contributed by atoms with Crippen molar-refractivity contribution < 1.29 is 4.79 Å². The summed E-state index contributed by atoms with van der Waals surface area (Å²) < 4.78 is 2.03. The lowest BCUT2D eigenvalue weighted by Crippen LogP contribution is -2.34. The van der Waals surface area contributed by atoms with Crippen LogP contribution in [-0.4, -0.2) is 43.6 Å². The number of rotatable bonds is 8. The second-order valence-corrected chi connectivity index (χ2v) is 8.66. The maximum atomic E-state index is 13.5. The Bertz CT molecular complexity index is 1210. The van der Waals surface area contributed by atoms with Crippen LogP contribution in [0.3, 0.4) is 0 Å². The minimum absolute atomic E-state index is 0.0680. The number of aromatic nitrogens is 4. The molecule has 0 unspecified atom stereocenters. The average molecular weight is 458 g/mol. The first-order chi connectivity index (χ1) is 16.1. The predicted octanol–water partition coefficient (Wildman–Crippen LogP) is 5.34. The van der Waals surface area contributed by atoms with Crippen LogP contribution in [0.4, 0.5) is 0 Å². The van der Waals surface area contributed by atoms with Crippen molar-refractivity contribution in [2.75, 3.05) is 13.1 Å². The Kier molecular flexibility index (Phi) is 7.19. The fourth-order valence-electron chi connectivity index (χ4n) is 3.76. The molecule has 4 rings (SSSR count). The third kappa shape index (κ3) is 4.83. The zero-order valence-electron chi connectivity index (χ0n) is 19.0. The van der Waals surface area contributed by atoms with Crippen LogP contribution in [0.2, 0.25) is 0 Å². The molecule has 33 heavy (non-hydrogen) atoms. The van der Waals surface area contributed by atoms with Gasteiger partial charge in [0, 0.05) is 31.0 Å². The Morgan fingerprint density at radius 3 is 2.36 bits per heavy atom. The van der Waals surface area contributed by atoms with Crippen LogP contribution < -0.4 is 0 Å². The number of amides is 1. The molecule has 0 saturated heterocycles. The van der Waals surface area contributed by atoms with E-state index < -0.39 is 5.25 Å². The van der Waals surface area contributed by atoms with Crippen LogP contribution in [0.25, 0.3) is 17.1 Å². The summed E-state index contributed by atoms with van der Waals surface area (Å²) in [5, 5.41) is 9.30. The van der Waals surface area contributed by atoms with E-state index in [1.165, 1.54) is 11.8 Å². The fraction of sp³-hybridized carbons (Fsp3) is 0.231. The highest BCUT2D eigenvalue weighted by atomic mass is 32.2. The SMILES string of the molecule is CCN(CC)C(=O)[C@H](Sc1nnc(-c2cccnc2)n1-c1ccccc1C)c1ccccc1. The minimum Gasteiger partial charge on any atom is -0.342 e. The van der Waals surface area contributed by atoms with Gasteiger partial charge in [-0.1, -0.05) is 60.3 Å². The van der Waals surface area contributed by atoms with Crippen molar-refractivity contribution in [3.63, 3.8) is 0 Å². The molecule has 6 nitrogen and oxygen atoms in total. The smallest absolute Gasteiger partial charge is 0.240 e. The lowest BCUT2D eigenvalue weighted by molar-refractivity contribution is -0.130. The van der Waals surface area contributed by atoms with E-state index in [1.54, 1.807) is 12.4 Å². The highest BCUT2D eigenvalue weighted by Gasteiger charge is 2.29. The van der Waals surface area contributed by atoms with Gasteiger partial charge in [0.25, 0.3) is 0 Å². The second kappa shape index (κ2) is 10.4. The number of pyridine rings is 1. The molecular formula is C26H27N5OS. The normalized spacial score (nSPS) is 11.8. The van der Waals surface area contributed by atoms with Gasteiger partial charge in [-0.05, 0) is 50.1 Å². The summed E-state index contributed by atoms with van der Waals surface area (Å²) in [6.45, 7) is 7.39. The minimum atomic E-state index is -0.431. The Morgan fingerprint density at radius 1 is 0.970 bits per heavy atom. The second-order valence-electron chi connectivity index (χ2n) is 7.59. The lowest BCUT2D eigenvalue weighted by Gasteiger charge is -2.25. The van der Waals surface area contributed by atoms with E-state index in [0.29, 0.717) is 24.1 Å². The van der Waals surface area contributed by atoms with Gasteiger partial charge >= 0.3 is 0 Å². The van der Waals surface area contributed by atoms with Gasteiger partial charge in [0.05, 0.1) is 5.69 Å². The number of para-hydroxylation sites is 1. The average Bonchev–Trinajstić information content (AvgIpc) is 3.28. The van der Waals surface area contributed by atoms with E-state index in [9.17, 15) is 4.79 Å². The molecule has 168 valence electrons. The van der Waals surface area contributed by atoms with Gasteiger partial charge in [0.15, 0.2) is 11.0 Å². The monoisotopic (exact) mass is 457 g/mol. The maximum Gasteiger partial charge on any atom is 0.240 e. The first kappa shape index (κ1) is 22.7. The highest BCUT2D eigenvalue weighted by Crippen LogP contribution is 2.39. The van der Waals surface area contributed by atoms with Crippen LogP contribution in [0.5, 0.6) is 0 Å². The van der Waals surface area contributed by atoms with Gasteiger partial charge in [-0.2, -0.15) is 0 Å². The van der Waals surface area contributed by atoms with Gasteiger partial charge in [-0.3, -0.25) is 14.3 Å². The number of hydrogen-bond acceptors (Lipinski definition) is 5. The summed E-state index contributed by atoms with van der Waals surface area (Å²) >= 11 is 1.43. The van der Waals surface area contributed by atoms with E-state index in [2.05, 4.69) is 28.2 Å². The highest BCUT2D eigenvalue weighted by molar-refractivity contribution is 8.00. The Hall–Kier alpha value is -3.45. The first-order valence-electron chi connectivity index (χ1n) is 11.1. The van der Waals surface area contributed by atoms with Crippen molar-refractivity contribution >= 4 is 17.7 Å². The molecule has 4 aromatic rings. The summed E-state index contributed by atoms with van der Waals surface area (Å²) in [7, 11) is 0. The molecule has 1 amide bonds. The number of carbonyl (C=O) groups is 1. The van der Waals surface area contributed by atoms with E-state index in [0.717, 1.165) is 22.4 Å². The Balaban J connectivity index is 1.84. The molecule has 1 atom stereocenters. The zero-order chi connectivity index (χ0) is 23.2. The summed E-state index contributed by atoms with van der Waals surface area (Å²) in [4.78, 5) is 19.7. The molecule has 0 aliphatic rings. The first-order valence-corrected chi connectivity index (χ1v) is 11.9. The number of nitrogens with zero attached hydrogens (tertiary/aromatic N) is 5. The van der Waals surface area contributed by atoms with E-state index in [1.807, 2.05) is 84.0 Å². The van der Waals surface area contributed by atoms with Crippen molar-refractivity contribution in [3.8, 4) is 17.1 Å². The number of carbonyl (C=O) groups excluding carboxylic acids is 1. The van der Waals surface area contributed by atoms with E-state index >= 15 is 0 Å². The van der Waals surface area contributed by atoms with Crippen molar-refractivity contribution in [1.82, 2.24) is 24.6 Å². The van der Waals surface area contributed by atoms with Crippen LogP contribution in [0.15, 0.2) is 84.3 Å². The molecule has 2 aromatic heterocycles. The zero-order valence-corrected chi connectivity index (χ0v) is 19.9. The van der Waals surface area contributed by atoms with Gasteiger partial charge in [-0.25, -0.2) is 0 Å². The molecule has 2 aromatic carbocycles. The molecule has 0 N–H and O–H groups in total. The molecule has 2 heterocycles.